The van der Waals surface area contributed by atoms with Crippen molar-refractivity contribution in [3.8, 4) is 17.2 Å². The summed E-state index contributed by atoms with van der Waals surface area (Å²) in [5, 5.41) is 21.3. The van der Waals surface area contributed by atoms with Gasteiger partial charge in [-0.1, -0.05) is 30.3 Å². The minimum absolute atomic E-state index is 0.0256. The average Bonchev–Trinajstić information content (AvgIpc) is 2.97. The molecule has 0 aliphatic rings. The maximum atomic E-state index is 11.3. The summed E-state index contributed by atoms with van der Waals surface area (Å²) < 4.78 is 0. The molecule has 104 valence electrons. The van der Waals surface area contributed by atoms with E-state index in [1.54, 1.807) is 13.0 Å². The standard InChI is InChI=1S/C14H11N5O2/c1-9-7-8-11(14(20)21)13(15-9)19-17-12(16-18-19)10-5-3-2-4-6-10/h2-8H,1H3,(H,20,21). The summed E-state index contributed by atoms with van der Waals surface area (Å²) in [4.78, 5) is 16.6. The van der Waals surface area contributed by atoms with E-state index < -0.39 is 5.97 Å². The average molecular weight is 281 g/mol. The number of hydrogen-bond donors (Lipinski definition) is 1. The number of benzene rings is 1. The molecule has 2 aromatic heterocycles. The van der Waals surface area contributed by atoms with Gasteiger partial charge < -0.3 is 5.11 Å². The van der Waals surface area contributed by atoms with E-state index in [2.05, 4.69) is 20.4 Å². The molecule has 0 amide bonds. The molecular formula is C14H11N5O2. The third-order valence-electron chi connectivity index (χ3n) is 2.88. The highest BCUT2D eigenvalue weighted by molar-refractivity contribution is 5.91. The van der Waals surface area contributed by atoms with E-state index in [1.807, 2.05) is 30.3 Å². The number of carboxylic acid groups (broad SMARTS) is 1. The Balaban J connectivity index is 2.08. The Bertz CT molecular complexity index is 798. The van der Waals surface area contributed by atoms with Gasteiger partial charge in [0.05, 0.1) is 0 Å². The number of carbonyl (C=O) groups is 1. The van der Waals surface area contributed by atoms with Crippen molar-refractivity contribution in [1.29, 1.82) is 0 Å². The van der Waals surface area contributed by atoms with Crippen LogP contribution in [0.15, 0.2) is 42.5 Å². The third kappa shape index (κ3) is 2.48. The molecule has 0 aliphatic carbocycles. The molecule has 1 aromatic carbocycles. The second-order valence-electron chi connectivity index (χ2n) is 4.40. The summed E-state index contributed by atoms with van der Waals surface area (Å²) in [6, 6.07) is 12.4. The van der Waals surface area contributed by atoms with Crippen molar-refractivity contribution in [2.45, 2.75) is 6.92 Å². The Kier molecular flexibility index (Phi) is 3.15. The van der Waals surface area contributed by atoms with Crippen LogP contribution in [0.5, 0.6) is 0 Å². The molecule has 0 saturated carbocycles. The number of rotatable bonds is 3. The molecule has 0 spiro atoms. The predicted octanol–water partition coefficient (Wildman–Crippen LogP) is 1.73. The molecule has 3 rings (SSSR count). The number of pyridine rings is 1. The lowest BCUT2D eigenvalue weighted by Gasteiger charge is -2.03. The molecule has 0 radical (unpaired) electrons. The Morgan fingerprint density at radius 2 is 1.90 bits per heavy atom. The quantitative estimate of drug-likeness (QED) is 0.785. The SMILES string of the molecule is Cc1ccc(C(=O)O)c(-n2nnc(-c3ccccc3)n2)n1. The van der Waals surface area contributed by atoms with Gasteiger partial charge in [-0.2, -0.15) is 0 Å². The number of hydrogen-bond acceptors (Lipinski definition) is 5. The molecule has 0 aliphatic heterocycles. The van der Waals surface area contributed by atoms with Crippen LogP contribution in [0.3, 0.4) is 0 Å². The fourth-order valence-electron chi connectivity index (χ4n) is 1.87. The summed E-state index contributed by atoms with van der Waals surface area (Å²) in [7, 11) is 0. The molecule has 1 N–H and O–H groups in total. The van der Waals surface area contributed by atoms with Gasteiger partial charge in [0.25, 0.3) is 0 Å². The number of carboxylic acids is 1. The molecule has 21 heavy (non-hydrogen) atoms. The second kappa shape index (κ2) is 5.12. The number of nitrogens with zero attached hydrogens (tertiary/aromatic N) is 5. The van der Waals surface area contributed by atoms with E-state index >= 15 is 0 Å². The summed E-state index contributed by atoms with van der Waals surface area (Å²) in [6.45, 7) is 1.77. The van der Waals surface area contributed by atoms with Crippen LogP contribution < -0.4 is 0 Å². The van der Waals surface area contributed by atoms with Gasteiger partial charge in [0.1, 0.15) is 5.56 Å². The van der Waals surface area contributed by atoms with Gasteiger partial charge in [-0.3, -0.25) is 0 Å². The van der Waals surface area contributed by atoms with Crippen LogP contribution in [-0.2, 0) is 0 Å². The van der Waals surface area contributed by atoms with Crippen molar-refractivity contribution in [3.05, 3.63) is 53.7 Å². The van der Waals surface area contributed by atoms with Gasteiger partial charge in [0, 0.05) is 11.3 Å². The molecule has 7 nitrogen and oxygen atoms in total. The Morgan fingerprint density at radius 3 is 2.62 bits per heavy atom. The van der Waals surface area contributed by atoms with Gasteiger partial charge in [-0.25, -0.2) is 9.78 Å². The first-order chi connectivity index (χ1) is 10.1. The zero-order chi connectivity index (χ0) is 14.8. The van der Waals surface area contributed by atoms with E-state index in [0.717, 1.165) is 10.4 Å². The summed E-state index contributed by atoms with van der Waals surface area (Å²) in [5.74, 6) is -0.525. The van der Waals surface area contributed by atoms with Crippen molar-refractivity contribution in [2.24, 2.45) is 0 Å². The van der Waals surface area contributed by atoms with Crippen molar-refractivity contribution in [3.63, 3.8) is 0 Å². The first kappa shape index (κ1) is 12.9. The normalized spacial score (nSPS) is 10.5. The van der Waals surface area contributed by atoms with Gasteiger partial charge in [0.15, 0.2) is 5.82 Å². The van der Waals surface area contributed by atoms with Crippen LogP contribution in [0, 0.1) is 6.92 Å². The predicted molar refractivity (Wildman–Crippen MR) is 74.1 cm³/mol. The molecule has 0 saturated heterocycles. The monoisotopic (exact) mass is 281 g/mol. The molecule has 2 heterocycles. The van der Waals surface area contributed by atoms with Gasteiger partial charge in [0.2, 0.25) is 5.82 Å². The highest BCUT2D eigenvalue weighted by Gasteiger charge is 2.16. The van der Waals surface area contributed by atoms with Crippen molar-refractivity contribution in [2.75, 3.05) is 0 Å². The molecular weight excluding hydrogens is 270 g/mol. The minimum Gasteiger partial charge on any atom is -0.478 e. The van der Waals surface area contributed by atoms with E-state index in [0.29, 0.717) is 11.5 Å². The van der Waals surface area contributed by atoms with Gasteiger partial charge in [-0.15, -0.1) is 15.0 Å². The van der Waals surface area contributed by atoms with E-state index in [4.69, 9.17) is 0 Å². The summed E-state index contributed by atoms with van der Waals surface area (Å²) in [5.41, 5.74) is 1.50. The number of tetrazole rings is 1. The third-order valence-corrected chi connectivity index (χ3v) is 2.88. The number of aryl methyl sites for hydroxylation is 1. The smallest absolute Gasteiger partial charge is 0.339 e. The molecule has 3 aromatic rings. The molecule has 7 heteroatoms. The fraction of sp³-hybridized carbons (Fsp3) is 0.0714. The summed E-state index contributed by atoms with van der Waals surface area (Å²) in [6.07, 6.45) is 0. The maximum Gasteiger partial charge on any atom is 0.339 e. The van der Waals surface area contributed by atoms with Crippen molar-refractivity contribution >= 4 is 5.97 Å². The Morgan fingerprint density at radius 1 is 1.14 bits per heavy atom. The molecule has 0 fully saturated rings. The molecule has 0 atom stereocenters. The van der Waals surface area contributed by atoms with E-state index in [-0.39, 0.29) is 11.4 Å². The molecule has 0 unspecified atom stereocenters. The Labute approximate surface area is 119 Å². The second-order valence-corrected chi connectivity index (χ2v) is 4.40. The van der Waals surface area contributed by atoms with Crippen LogP contribution in [0.1, 0.15) is 16.1 Å². The first-order valence-electron chi connectivity index (χ1n) is 6.22. The van der Waals surface area contributed by atoms with Crippen LogP contribution in [0.25, 0.3) is 17.2 Å². The first-order valence-corrected chi connectivity index (χ1v) is 6.22. The minimum atomic E-state index is -1.09. The zero-order valence-corrected chi connectivity index (χ0v) is 11.1. The molecule has 0 bridgehead atoms. The van der Waals surface area contributed by atoms with Gasteiger partial charge >= 0.3 is 5.97 Å². The lowest BCUT2D eigenvalue weighted by Crippen LogP contribution is -2.11. The topological polar surface area (TPSA) is 93.8 Å². The Hall–Kier alpha value is -3.09. The summed E-state index contributed by atoms with van der Waals surface area (Å²) >= 11 is 0. The lowest BCUT2D eigenvalue weighted by atomic mass is 10.2. The number of aromatic nitrogens is 5. The van der Waals surface area contributed by atoms with E-state index in [9.17, 15) is 9.90 Å². The highest BCUT2D eigenvalue weighted by Crippen LogP contribution is 2.15. The highest BCUT2D eigenvalue weighted by atomic mass is 16.4. The van der Waals surface area contributed by atoms with E-state index in [1.165, 1.54) is 6.07 Å². The number of aromatic carboxylic acids is 1. The largest absolute Gasteiger partial charge is 0.478 e. The van der Waals surface area contributed by atoms with Crippen LogP contribution in [-0.4, -0.2) is 36.3 Å². The maximum absolute atomic E-state index is 11.3. The zero-order valence-electron chi connectivity index (χ0n) is 11.1. The lowest BCUT2D eigenvalue weighted by molar-refractivity contribution is 0.0696. The van der Waals surface area contributed by atoms with Gasteiger partial charge in [-0.05, 0) is 24.3 Å². The van der Waals surface area contributed by atoms with Crippen molar-refractivity contribution < 1.29 is 9.90 Å². The van der Waals surface area contributed by atoms with Crippen LogP contribution >= 0.6 is 0 Å². The van der Waals surface area contributed by atoms with Crippen LogP contribution in [0.4, 0.5) is 0 Å². The van der Waals surface area contributed by atoms with Crippen molar-refractivity contribution in [1.82, 2.24) is 25.2 Å². The fourth-order valence-corrected chi connectivity index (χ4v) is 1.87. The van der Waals surface area contributed by atoms with Crippen LogP contribution in [0.2, 0.25) is 0 Å².